The van der Waals surface area contributed by atoms with Gasteiger partial charge in [-0.2, -0.15) is 23.4 Å². The third-order valence-electron chi connectivity index (χ3n) is 4.88. The third kappa shape index (κ3) is 3.06. The second-order valence-electron chi connectivity index (χ2n) is 6.90. The molecule has 4 rings (SSSR count). The number of hydrogen-bond donors (Lipinski definition) is 0. The Morgan fingerprint density at radius 1 is 1.08 bits per heavy atom. The third-order valence-corrected chi connectivity index (χ3v) is 4.88. The molecule has 0 aliphatic heterocycles. The monoisotopic (exact) mass is 339 g/mol. The van der Waals surface area contributed by atoms with Gasteiger partial charge in [0.25, 0.3) is 0 Å². The van der Waals surface area contributed by atoms with Crippen LogP contribution in [0.3, 0.4) is 0 Å². The highest BCUT2D eigenvalue weighted by atomic mass is 19.4. The smallest absolute Gasteiger partial charge is 0.272 e. The summed E-state index contributed by atoms with van der Waals surface area (Å²) in [5.41, 5.74) is 1.55. The molecule has 0 N–H and O–H groups in total. The molecule has 2 fully saturated rings. The maximum Gasteiger partial charge on any atom is 0.408 e. The van der Waals surface area contributed by atoms with Crippen LogP contribution in [-0.4, -0.2) is 30.7 Å². The van der Waals surface area contributed by atoms with E-state index in [0.29, 0.717) is 17.4 Å². The van der Waals surface area contributed by atoms with Crippen molar-refractivity contribution in [1.82, 2.24) is 24.5 Å². The van der Waals surface area contributed by atoms with Crippen LogP contribution < -0.4 is 0 Å². The van der Waals surface area contributed by atoms with Gasteiger partial charge in [-0.05, 0) is 31.7 Å². The van der Waals surface area contributed by atoms with E-state index in [1.54, 1.807) is 4.68 Å². The summed E-state index contributed by atoms with van der Waals surface area (Å²) in [4.78, 5) is 4.46. The van der Waals surface area contributed by atoms with E-state index in [-0.39, 0.29) is 11.7 Å². The molecule has 0 aromatic carbocycles. The predicted molar refractivity (Wildman–Crippen MR) is 81.5 cm³/mol. The standard InChI is InChI=1S/C16H20F3N5/c1-23-13(10-6-7-10)8-12(21-23)15-20-14(11-4-2-3-5-11)22-24(15)9-16(17,18)19/h8,10-11H,2-7,9H2,1H3. The van der Waals surface area contributed by atoms with Crippen molar-refractivity contribution in [2.45, 2.75) is 63.1 Å². The fourth-order valence-electron chi connectivity index (χ4n) is 3.54. The van der Waals surface area contributed by atoms with E-state index in [1.807, 2.05) is 13.1 Å². The number of alkyl halides is 3. The first-order chi connectivity index (χ1) is 11.4. The number of nitrogens with zero attached hydrogens (tertiary/aromatic N) is 5. The zero-order valence-electron chi connectivity index (χ0n) is 13.6. The Morgan fingerprint density at radius 3 is 2.42 bits per heavy atom. The summed E-state index contributed by atoms with van der Waals surface area (Å²) in [6.07, 6.45) is 1.97. The molecular formula is C16H20F3N5. The van der Waals surface area contributed by atoms with Crippen molar-refractivity contribution in [2.75, 3.05) is 0 Å². The highest BCUT2D eigenvalue weighted by Gasteiger charge is 2.33. The number of halogens is 3. The van der Waals surface area contributed by atoms with E-state index in [2.05, 4.69) is 15.2 Å². The highest BCUT2D eigenvalue weighted by molar-refractivity contribution is 5.51. The van der Waals surface area contributed by atoms with Gasteiger partial charge in [0.2, 0.25) is 0 Å². The van der Waals surface area contributed by atoms with Crippen molar-refractivity contribution in [1.29, 1.82) is 0 Å². The molecule has 2 aromatic rings. The van der Waals surface area contributed by atoms with Crippen LogP contribution in [0.5, 0.6) is 0 Å². The van der Waals surface area contributed by atoms with Crippen molar-refractivity contribution in [3.63, 3.8) is 0 Å². The molecule has 2 saturated carbocycles. The van der Waals surface area contributed by atoms with Gasteiger partial charge in [-0.3, -0.25) is 4.68 Å². The van der Waals surface area contributed by atoms with E-state index in [1.165, 1.54) is 0 Å². The summed E-state index contributed by atoms with van der Waals surface area (Å²) in [5.74, 6) is 1.41. The lowest BCUT2D eigenvalue weighted by molar-refractivity contribution is -0.142. The lowest BCUT2D eigenvalue weighted by Gasteiger charge is -2.07. The maximum atomic E-state index is 12.9. The van der Waals surface area contributed by atoms with E-state index in [4.69, 9.17) is 0 Å². The molecule has 2 heterocycles. The summed E-state index contributed by atoms with van der Waals surface area (Å²) in [7, 11) is 1.83. The number of rotatable bonds is 4. The molecule has 2 aliphatic carbocycles. The number of aromatic nitrogens is 5. The summed E-state index contributed by atoms with van der Waals surface area (Å²) in [6.45, 7) is -1.13. The first kappa shape index (κ1) is 15.7. The quantitative estimate of drug-likeness (QED) is 0.852. The lowest BCUT2D eigenvalue weighted by atomic mass is 10.1. The van der Waals surface area contributed by atoms with Gasteiger partial charge in [0.15, 0.2) is 11.6 Å². The van der Waals surface area contributed by atoms with Crippen molar-refractivity contribution in [3.8, 4) is 11.5 Å². The van der Waals surface area contributed by atoms with Crippen LogP contribution in [0.25, 0.3) is 11.5 Å². The van der Waals surface area contributed by atoms with Crippen molar-refractivity contribution < 1.29 is 13.2 Å². The number of hydrogen-bond acceptors (Lipinski definition) is 3. The Morgan fingerprint density at radius 2 is 1.79 bits per heavy atom. The van der Waals surface area contributed by atoms with Crippen LogP contribution in [0.15, 0.2) is 6.07 Å². The largest absolute Gasteiger partial charge is 0.408 e. The second-order valence-corrected chi connectivity index (χ2v) is 6.90. The minimum atomic E-state index is -4.33. The fraction of sp³-hybridized carbons (Fsp3) is 0.688. The van der Waals surface area contributed by atoms with Crippen LogP contribution in [0.4, 0.5) is 13.2 Å². The van der Waals surface area contributed by atoms with Crippen LogP contribution in [0, 0.1) is 0 Å². The lowest BCUT2D eigenvalue weighted by Crippen LogP contribution is -2.19. The molecule has 0 atom stereocenters. The summed E-state index contributed by atoms with van der Waals surface area (Å²) in [5, 5.41) is 8.59. The van der Waals surface area contributed by atoms with Crippen LogP contribution >= 0.6 is 0 Å². The van der Waals surface area contributed by atoms with E-state index >= 15 is 0 Å². The number of aryl methyl sites for hydroxylation is 1. The predicted octanol–water partition coefficient (Wildman–Crippen LogP) is 3.78. The first-order valence-corrected chi connectivity index (χ1v) is 8.46. The molecule has 2 aliphatic rings. The normalized spacial score (nSPS) is 19.3. The molecule has 0 spiro atoms. The van der Waals surface area contributed by atoms with Gasteiger partial charge in [0.05, 0.1) is 0 Å². The molecule has 2 aromatic heterocycles. The minimum absolute atomic E-state index is 0.171. The molecule has 130 valence electrons. The Balaban J connectivity index is 1.72. The molecule has 0 unspecified atom stereocenters. The fourth-order valence-corrected chi connectivity index (χ4v) is 3.54. The molecule has 0 amide bonds. The van der Waals surface area contributed by atoms with E-state index in [0.717, 1.165) is 48.9 Å². The van der Waals surface area contributed by atoms with Gasteiger partial charge >= 0.3 is 6.18 Å². The van der Waals surface area contributed by atoms with E-state index in [9.17, 15) is 13.2 Å². The Bertz CT molecular complexity index is 735. The molecule has 5 nitrogen and oxygen atoms in total. The second kappa shape index (κ2) is 5.60. The van der Waals surface area contributed by atoms with Crippen molar-refractivity contribution >= 4 is 0 Å². The summed E-state index contributed by atoms with van der Waals surface area (Å²) in [6, 6.07) is 1.87. The van der Waals surface area contributed by atoms with Crippen molar-refractivity contribution in [3.05, 3.63) is 17.6 Å². The van der Waals surface area contributed by atoms with Gasteiger partial charge in [0.1, 0.15) is 12.2 Å². The summed E-state index contributed by atoms with van der Waals surface area (Å²) < 4.78 is 41.5. The van der Waals surface area contributed by atoms with Crippen LogP contribution in [0.1, 0.15) is 61.9 Å². The minimum Gasteiger partial charge on any atom is -0.272 e. The van der Waals surface area contributed by atoms with Gasteiger partial charge in [-0.1, -0.05) is 12.8 Å². The van der Waals surface area contributed by atoms with Gasteiger partial charge in [-0.25, -0.2) is 9.67 Å². The van der Waals surface area contributed by atoms with Crippen LogP contribution in [-0.2, 0) is 13.6 Å². The molecule has 0 radical (unpaired) electrons. The first-order valence-electron chi connectivity index (χ1n) is 8.46. The molecular weight excluding hydrogens is 319 g/mol. The SMILES string of the molecule is Cn1nc(-c2nc(C3CCCC3)nn2CC(F)(F)F)cc1C1CC1. The maximum absolute atomic E-state index is 12.9. The highest BCUT2D eigenvalue weighted by Crippen LogP contribution is 2.41. The van der Waals surface area contributed by atoms with E-state index < -0.39 is 12.7 Å². The average molecular weight is 339 g/mol. The molecule has 8 heteroatoms. The van der Waals surface area contributed by atoms with Crippen molar-refractivity contribution in [2.24, 2.45) is 7.05 Å². The molecule has 0 saturated heterocycles. The van der Waals surface area contributed by atoms with Gasteiger partial charge in [0, 0.05) is 24.6 Å². The molecule has 0 bridgehead atoms. The zero-order valence-corrected chi connectivity index (χ0v) is 13.6. The summed E-state index contributed by atoms with van der Waals surface area (Å²) >= 11 is 0. The zero-order chi connectivity index (χ0) is 16.9. The Hall–Kier alpha value is -1.86. The van der Waals surface area contributed by atoms with Gasteiger partial charge in [-0.15, -0.1) is 0 Å². The van der Waals surface area contributed by atoms with Crippen LogP contribution in [0.2, 0.25) is 0 Å². The molecule has 24 heavy (non-hydrogen) atoms. The topological polar surface area (TPSA) is 48.5 Å². The Kier molecular flexibility index (Phi) is 3.65. The van der Waals surface area contributed by atoms with Gasteiger partial charge < -0.3 is 0 Å². The Labute approximate surface area is 137 Å². The average Bonchev–Trinajstić information content (AvgIpc) is 2.91.